The molecule has 0 spiro atoms. The molecule has 2 fully saturated rings. The number of rotatable bonds is 4. The summed E-state index contributed by atoms with van der Waals surface area (Å²) in [6, 6.07) is 10.5. The Morgan fingerprint density at radius 1 is 1.09 bits per heavy atom. The zero-order valence-electron chi connectivity index (χ0n) is 20.0. The number of fused-ring (bicyclic) bond motifs is 3. The lowest BCUT2D eigenvalue weighted by atomic mass is 9.80. The average Bonchev–Trinajstić information content (AvgIpc) is 3.45. The quantitative estimate of drug-likeness (QED) is 0.376. The molecule has 35 heavy (non-hydrogen) atoms. The molecule has 0 amide bonds. The van der Waals surface area contributed by atoms with Gasteiger partial charge in [-0.1, -0.05) is 19.1 Å². The van der Waals surface area contributed by atoms with E-state index in [1.54, 1.807) is 0 Å². The van der Waals surface area contributed by atoms with Crippen molar-refractivity contribution in [2.24, 2.45) is 5.41 Å². The number of nitrogens with zero attached hydrogens (tertiary/aromatic N) is 4. The summed E-state index contributed by atoms with van der Waals surface area (Å²) in [5.74, 6) is 0.363. The number of hydrogen-bond donors (Lipinski definition) is 2. The number of benzene rings is 1. The highest BCUT2D eigenvalue weighted by Crippen LogP contribution is 2.55. The first-order valence-corrected chi connectivity index (χ1v) is 12.7. The van der Waals surface area contributed by atoms with Gasteiger partial charge in [-0.2, -0.15) is 0 Å². The van der Waals surface area contributed by atoms with Crippen LogP contribution in [0.15, 0.2) is 47.3 Å². The molecule has 4 atom stereocenters. The van der Waals surface area contributed by atoms with Crippen molar-refractivity contribution in [2.45, 2.75) is 64.1 Å². The molecule has 6 rings (SSSR count). The fraction of sp³-hybridized carbons (Fsp3) is 0.423. The largest absolute Gasteiger partial charge is 0.383 e. The van der Waals surface area contributed by atoms with Gasteiger partial charge in [0.05, 0.1) is 27.5 Å². The number of nitrogen functional groups attached to an aromatic ring is 2. The van der Waals surface area contributed by atoms with Crippen molar-refractivity contribution in [3.05, 3.63) is 52.9 Å². The second kappa shape index (κ2) is 7.88. The first-order chi connectivity index (χ1) is 16.6. The minimum Gasteiger partial charge on any atom is -0.383 e. The molecule has 0 radical (unpaired) electrons. The summed E-state index contributed by atoms with van der Waals surface area (Å²) in [6.07, 6.45) is 6.26. The van der Waals surface area contributed by atoms with E-state index in [2.05, 4.69) is 66.8 Å². The van der Waals surface area contributed by atoms with Gasteiger partial charge in [0.2, 0.25) is 0 Å². The molecule has 4 heterocycles. The molecule has 4 aromatic rings. The Bertz CT molecular complexity index is 1450. The van der Waals surface area contributed by atoms with E-state index in [-0.39, 0.29) is 23.7 Å². The second-order valence-corrected chi connectivity index (χ2v) is 11.4. The number of halogens is 1. The van der Waals surface area contributed by atoms with Crippen LogP contribution in [-0.4, -0.2) is 37.5 Å². The minimum absolute atomic E-state index is 0.0238. The van der Waals surface area contributed by atoms with Crippen molar-refractivity contribution in [1.29, 1.82) is 0 Å². The molecule has 2 aliphatic rings. The van der Waals surface area contributed by atoms with Crippen molar-refractivity contribution in [3.63, 3.8) is 0 Å². The summed E-state index contributed by atoms with van der Waals surface area (Å²) in [7, 11) is 0. The molecule has 1 saturated carbocycles. The lowest BCUT2D eigenvalue weighted by molar-refractivity contribution is -0.168. The van der Waals surface area contributed by atoms with Gasteiger partial charge in [0.25, 0.3) is 0 Å². The number of aromatic nitrogens is 4. The minimum atomic E-state index is -0.635. The Balaban J connectivity index is 1.31. The maximum Gasteiger partial charge on any atom is 0.163 e. The van der Waals surface area contributed by atoms with Crippen LogP contribution in [0.3, 0.4) is 0 Å². The summed E-state index contributed by atoms with van der Waals surface area (Å²) >= 11 is 3.46. The van der Waals surface area contributed by atoms with E-state index in [0.29, 0.717) is 11.6 Å². The Hall–Kier alpha value is -2.75. The van der Waals surface area contributed by atoms with Gasteiger partial charge in [0.1, 0.15) is 29.7 Å². The van der Waals surface area contributed by atoms with Crippen molar-refractivity contribution in [1.82, 2.24) is 19.5 Å². The molecule has 1 aliphatic heterocycles. The molecule has 9 heteroatoms. The van der Waals surface area contributed by atoms with E-state index in [1.165, 1.54) is 11.9 Å². The predicted molar refractivity (Wildman–Crippen MR) is 140 cm³/mol. The summed E-state index contributed by atoms with van der Waals surface area (Å²) in [5.41, 5.74) is 15.0. The van der Waals surface area contributed by atoms with E-state index < -0.39 is 5.79 Å². The number of nitrogens with two attached hydrogens (primary N) is 2. The average molecular weight is 537 g/mol. The number of hydrogen-bond acceptors (Lipinski definition) is 7. The third kappa shape index (κ3) is 3.77. The molecule has 1 unspecified atom stereocenters. The highest BCUT2D eigenvalue weighted by Gasteiger charge is 2.59. The van der Waals surface area contributed by atoms with Gasteiger partial charge in [0, 0.05) is 11.6 Å². The molecule has 182 valence electrons. The van der Waals surface area contributed by atoms with Crippen LogP contribution >= 0.6 is 15.9 Å². The summed E-state index contributed by atoms with van der Waals surface area (Å²) < 4.78 is 16.0. The van der Waals surface area contributed by atoms with E-state index >= 15 is 0 Å². The lowest BCUT2D eigenvalue weighted by Crippen LogP contribution is -2.34. The van der Waals surface area contributed by atoms with Crippen LogP contribution in [0.2, 0.25) is 0 Å². The van der Waals surface area contributed by atoms with Crippen LogP contribution in [0.5, 0.6) is 0 Å². The zero-order chi connectivity index (χ0) is 24.5. The molecule has 1 aromatic carbocycles. The molecule has 8 nitrogen and oxygen atoms in total. The standard InChI is InChI=1S/C26H29BrN6O2/c1-25(2)34-20-19(33-9-7-16-22(28)30-13-31-24(16)33)12-26(3,21(20)35-25)8-6-14-4-5-15-11-17(27)23(29)32-18(15)10-14/h4-5,7,9-11,13,19-21H,6,8,12H2,1-3H3,(H2,29,32)(H2,28,30,31)/t19?,20-,21-,26-/m0/s1. The third-order valence-electron chi connectivity index (χ3n) is 7.62. The third-order valence-corrected chi connectivity index (χ3v) is 8.25. The van der Waals surface area contributed by atoms with E-state index in [0.717, 1.165) is 45.7 Å². The number of pyridine rings is 1. The van der Waals surface area contributed by atoms with Gasteiger partial charge in [-0.15, -0.1) is 0 Å². The Kier molecular flexibility index (Phi) is 5.11. The van der Waals surface area contributed by atoms with Crippen molar-refractivity contribution < 1.29 is 9.47 Å². The van der Waals surface area contributed by atoms with Crippen LogP contribution in [-0.2, 0) is 15.9 Å². The smallest absolute Gasteiger partial charge is 0.163 e. The van der Waals surface area contributed by atoms with E-state index in [4.69, 9.17) is 20.9 Å². The van der Waals surface area contributed by atoms with Gasteiger partial charge in [0.15, 0.2) is 5.79 Å². The summed E-state index contributed by atoms with van der Waals surface area (Å²) in [5, 5.41) is 1.93. The van der Waals surface area contributed by atoms with Crippen molar-refractivity contribution in [2.75, 3.05) is 11.5 Å². The van der Waals surface area contributed by atoms with E-state index in [1.807, 2.05) is 26.0 Å². The fourth-order valence-corrected chi connectivity index (χ4v) is 6.20. The van der Waals surface area contributed by atoms with Crippen molar-refractivity contribution in [3.8, 4) is 0 Å². The number of anilines is 2. The normalized spacial score (nSPS) is 27.6. The highest BCUT2D eigenvalue weighted by atomic mass is 79.9. The first kappa shape index (κ1) is 22.7. The molecule has 0 bridgehead atoms. The maximum absolute atomic E-state index is 6.51. The van der Waals surface area contributed by atoms with Gasteiger partial charge in [-0.25, -0.2) is 15.0 Å². The second-order valence-electron chi connectivity index (χ2n) is 10.5. The SMILES string of the molecule is CC1(C)O[C@H]2C(n3ccc4c(N)ncnc43)C[C@](C)(CCc3ccc4cc(Br)c(N)nc4c3)[C@H]2O1. The van der Waals surface area contributed by atoms with Gasteiger partial charge in [-0.05, 0) is 78.2 Å². The van der Waals surface area contributed by atoms with Crippen LogP contribution in [0.25, 0.3) is 21.9 Å². The molecular weight excluding hydrogens is 508 g/mol. The molecular formula is C26H29BrN6O2. The first-order valence-electron chi connectivity index (χ1n) is 11.9. The van der Waals surface area contributed by atoms with Crippen LogP contribution < -0.4 is 11.5 Å². The van der Waals surface area contributed by atoms with E-state index in [9.17, 15) is 0 Å². The predicted octanol–water partition coefficient (Wildman–Crippen LogP) is 5.01. The van der Waals surface area contributed by atoms with Crippen LogP contribution in [0.4, 0.5) is 11.6 Å². The van der Waals surface area contributed by atoms with Gasteiger partial charge in [-0.3, -0.25) is 0 Å². The zero-order valence-corrected chi connectivity index (χ0v) is 21.6. The molecule has 1 saturated heterocycles. The number of ether oxygens (including phenoxy) is 2. The maximum atomic E-state index is 6.51. The molecule has 4 N–H and O–H groups in total. The Morgan fingerprint density at radius 3 is 2.74 bits per heavy atom. The Labute approximate surface area is 212 Å². The summed E-state index contributed by atoms with van der Waals surface area (Å²) in [6.45, 7) is 6.31. The fourth-order valence-electron chi connectivity index (χ4n) is 5.87. The number of aryl methyl sites for hydroxylation is 1. The molecule has 1 aliphatic carbocycles. The molecule has 3 aromatic heterocycles. The van der Waals surface area contributed by atoms with Gasteiger partial charge < -0.3 is 25.5 Å². The van der Waals surface area contributed by atoms with Crippen molar-refractivity contribution >= 4 is 49.5 Å². The lowest BCUT2D eigenvalue weighted by Gasteiger charge is -2.32. The highest BCUT2D eigenvalue weighted by molar-refractivity contribution is 9.10. The van der Waals surface area contributed by atoms with Gasteiger partial charge >= 0.3 is 0 Å². The monoisotopic (exact) mass is 536 g/mol. The topological polar surface area (TPSA) is 114 Å². The van der Waals surface area contributed by atoms with Crippen LogP contribution in [0, 0.1) is 5.41 Å². The summed E-state index contributed by atoms with van der Waals surface area (Å²) in [4.78, 5) is 13.2. The Morgan fingerprint density at radius 2 is 1.91 bits per heavy atom. The van der Waals surface area contributed by atoms with Crippen LogP contribution in [0.1, 0.15) is 45.2 Å².